The summed E-state index contributed by atoms with van der Waals surface area (Å²) in [6.07, 6.45) is 17.1. The van der Waals surface area contributed by atoms with Crippen LogP contribution in [0.4, 0.5) is 11.6 Å². The highest BCUT2D eigenvalue weighted by atomic mass is 127. The third kappa shape index (κ3) is 22.8. The third-order valence-electron chi connectivity index (χ3n) is 17.6. The van der Waals surface area contributed by atoms with Crippen molar-refractivity contribution in [2.24, 2.45) is 11.8 Å². The minimum Gasteiger partial charge on any atom is -0.423 e. The van der Waals surface area contributed by atoms with Gasteiger partial charge in [-0.2, -0.15) is 29.8 Å². The first kappa shape index (κ1) is 74.3. The van der Waals surface area contributed by atoms with E-state index < -0.39 is 39.4 Å². The molecule has 94 heavy (non-hydrogen) atoms. The van der Waals surface area contributed by atoms with E-state index in [1.165, 1.54) is 6.20 Å². The summed E-state index contributed by atoms with van der Waals surface area (Å²) in [4.78, 5) is 23.5. The highest BCUT2D eigenvalue weighted by Gasteiger charge is 2.29. The van der Waals surface area contributed by atoms with Crippen LogP contribution in [-0.2, 0) is 18.9 Å². The Balaban J connectivity index is 0.000000205. The number of anilines is 2. The Morgan fingerprint density at radius 2 is 0.915 bits per heavy atom. The van der Waals surface area contributed by atoms with E-state index in [4.69, 9.17) is 54.3 Å². The summed E-state index contributed by atoms with van der Waals surface area (Å²) in [5.74, 6) is 3.69. The van der Waals surface area contributed by atoms with Crippen molar-refractivity contribution in [1.29, 1.82) is 10.5 Å². The van der Waals surface area contributed by atoms with Crippen molar-refractivity contribution in [2.75, 3.05) is 63.2 Å². The zero-order chi connectivity index (χ0) is 67.6. The molecule has 0 aliphatic heterocycles. The minimum absolute atomic E-state index is 0.337. The van der Waals surface area contributed by atoms with Gasteiger partial charge in [0.15, 0.2) is 11.3 Å². The van der Waals surface area contributed by atoms with E-state index >= 15 is 0 Å². The number of hydrogen-bond acceptors (Lipinski definition) is 16. The molecule has 2 aliphatic carbocycles. The average molecular weight is 1460 g/mol. The third-order valence-corrected chi connectivity index (χ3v) is 25.2. The van der Waals surface area contributed by atoms with Crippen molar-refractivity contribution in [3.63, 3.8) is 0 Å². The van der Waals surface area contributed by atoms with E-state index in [-0.39, 0.29) is 0 Å². The molecule has 0 amide bonds. The quantitative estimate of drug-likeness (QED) is 0.0202. The molecule has 0 saturated heterocycles. The standard InChI is InChI=1S/C35H50N6O2Si2.C26H44IN5O2Si2.C9H8BNO2/c1-44(2,3)19-17-42-25-40(26-43-18-20-45(4,5)6)34-22-33(28-13-11-27(12-14-28)15-16-36)39-35-31(24-38-41(34)35)30-21-29-9-7-8-10-32(29)37-23-30;1-35(2,3)15-13-33-19-31(20-34-14-16-36(4,5)6)25-17-24(30-26-23(27)18-29-32(25)26)22-9-7-21(8-10-22)11-12-28;12-10(13)8-5-7-3-1-2-4-9(7)11-6-8/h7-10,21-24,27-28H,11-15,17-20,25-26H2,1-6H3;17-18,21-22H,7-11,13-16,19-20H2,1-6H3;1-6,12-13H. The number of benzene rings is 2. The van der Waals surface area contributed by atoms with Crippen molar-refractivity contribution in [3.05, 3.63) is 113 Å². The molecule has 24 heteroatoms. The number of fused-ring (bicyclic) bond motifs is 4. The van der Waals surface area contributed by atoms with Crippen LogP contribution < -0.4 is 15.3 Å². The van der Waals surface area contributed by atoms with E-state index in [9.17, 15) is 5.26 Å². The molecule has 2 fully saturated rings. The highest BCUT2D eigenvalue weighted by molar-refractivity contribution is 14.1. The molecule has 18 nitrogen and oxygen atoms in total. The first-order valence-electron chi connectivity index (χ1n) is 33.8. The number of hydrogen-bond donors (Lipinski definition) is 2. The molecule has 0 radical (unpaired) electrons. The van der Waals surface area contributed by atoms with E-state index in [0.717, 1.165) is 173 Å². The molecule has 8 aromatic rings. The predicted molar refractivity (Wildman–Crippen MR) is 402 cm³/mol. The van der Waals surface area contributed by atoms with Crippen molar-refractivity contribution < 1.29 is 29.0 Å². The molecule has 0 atom stereocenters. The number of para-hydroxylation sites is 2. The second-order valence-electron chi connectivity index (χ2n) is 30.5. The fourth-order valence-electron chi connectivity index (χ4n) is 11.6. The lowest BCUT2D eigenvalue weighted by atomic mass is 9.79. The molecule has 504 valence electrons. The second kappa shape index (κ2) is 34.6. The van der Waals surface area contributed by atoms with Crippen molar-refractivity contribution in [3.8, 4) is 23.3 Å². The lowest BCUT2D eigenvalue weighted by molar-refractivity contribution is 0.0940. The number of nitrogens with zero attached hydrogens (tertiary/aromatic N) is 12. The summed E-state index contributed by atoms with van der Waals surface area (Å²) >= 11 is 2.33. The molecule has 6 heterocycles. The van der Waals surface area contributed by atoms with Gasteiger partial charge in [-0.3, -0.25) is 9.97 Å². The molecule has 2 saturated carbocycles. The molecular weight excluding hydrogens is 1350 g/mol. The number of pyridine rings is 2. The van der Waals surface area contributed by atoms with Gasteiger partial charge in [0.05, 0.1) is 39.1 Å². The smallest absolute Gasteiger partial charge is 0.423 e. The number of nitriles is 2. The van der Waals surface area contributed by atoms with Gasteiger partial charge >= 0.3 is 7.12 Å². The highest BCUT2D eigenvalue weighted by Crippen LogP contribution is 2.40. The topological polar surface area (TPSA) is 218 Å². The van der Waals surface area contributed by atoms with Crippen LogP contribution >= 0.6 is 22.6 Å². The molecule has 2 N–H and O–H groups in total. The first-order valence-corrected chi connectivity index (χ1v) is 49.7. The normalized spacial score (nSPS) is 17.1. The Bertz CT molecular complexity index is 3740. The molecule has 6 aromatic heterocycles. The van der Waals surface area contributed by atoms with Crippen molar-refractivity contribution in [2.45, 2.75) is 179 Å². The summed E-state index contributed by atoms with van der Waals surface area (Å²) in [6.45, 7) is 33.4. The zero-order valence-corrected chi connectivity index (χ0v) is 64.1. The van der Waals surface area contributed by atoms with Gasteiger partial charge in [-0.15, -0.1) is 0 Å². The lowest BCUT2D eigenvalue weighted by Crippen LogP contribution is -2.33. The van der Waals surface area contributed by atoms with Crippen molar-refractivity contribution in [1.82, 2.24) is 39.2 Å². The second-order valence-corrected chi connectivity index (χ2v) is 54.1. The van der Waals surface area contributed by atoms with Gasteiger partial charge in [0.1, 0.15) is 38.6 Å². The molecule has 0 spiro atoms. The summed E-state index contributed by atoms with van der Waals surface area (Å²) in [5.41, 5.74) is 8.14. The predicted octanol–water partition coefficient (Wildman–Crippen LogP) is 15.4. The Morgan fingerprint density at radius 1 is 0.521 bits per heavy atom. The van der Waals surface area contributed by atoms with Crippen LogP contribution in [0.15, 0.2) is 97.6 Å². The van der Waals surface area contributed by atoms with Crippen LogP contribution in [0.2, 0.25) is 103 Å². The maximum absolute atomic E-state index is 9.26. The van der Waals surface area contributed by atoms with Crippen LogP contribution in [-0.4, -0.2) is 142 Å². The summed E-state index contributed by atoms with van der Waals surface area (Å²) in [5, 5.41) is 47.7. The summed E-state index contributed by atoms with van der Waals surface area (Å²) in [6, 6.07) is 33.3. The summed E-state index contributed by atoms with van der Waals surface area (Å²) in [7, 11) is -6.22. The van der Waals surface area contributed by atoms with Gasteiger partial charge in [0, 0.05) is 141 Å². The maximum atomic E-state index is 9.26. The summed E-state index contributed by atoms with van der Waals surface area (Å²) < 4.78 is 30.0. The Morgan fingerprint density at radius 3 is 1.34 bits per heavy atom. The van der Waals surface area contributed by atoms with E-state index in [1.807, 2.05) is 70.1 Å². The number of rotatable bonds is 28. The molecule has 2 aliphatic rings. The fraction of sp³-hybridized carbons (Fsp3) is 0.543. The van der Waals surface area contributed by atoms with Gasteiger partial charge in [-0.1, -0.05) is 121 Å². The molecular formula is C70H102BIN12O6Si4. The SMILES string of the molecule is C[Si](C)(C)CCOCN(COCC[Si](C)(C)C)c1cc(C2CCC(CC#N)CC2)nc2c(-c3cnc4ccccc4c3)cnn12.C[Si](C)(C)CCOCN(COCC[Si](C)(C)C)c1cc(C2CCC(CC#N)CC2)nc2c(I)cnn12.OB(O)c1cnc2ccccc2c1. The van der Waals surface area contributed by atoms with E-state index in [2.05, 4.69) is 157 Å². The zero-order valence-electron chi connectivity index (χ0n) is 58.0. The van der Waals surface area contributed by atoms with E-state index in [0.29, 0.717) is 68.9 Å². The van der Waals surface area contributed by atoms with Gasteiger partial charge in [0.25, 0.3) is 0 Å². The van der Waals surface area contributed by atoms with Crippen LogP contribution in [0.3, 0.4) is 0 Å². The molecule has 0 bridgehead atoms. The van der Waals surface area contributed by atoms with Crippen LogP contribution in [0.1, 0.15) is 87.4 Å². The van der Waals surface area contributed by atoms with Gasteiger partial charge in [-0.25, -0.2) is 9.97 Å². The fourth-order valence-corrected chi connectivity index (χ4v) is 15.1. The van der Waals surface area contributed by atoms with Crippen LogP contribution in [0.5, 0.6) is 0 Å². The van der Waals surface area contributed by atoms with Gasteiger partial charge < -0.3 is 38.8 Å². The monoisotopic (exact) mass is 1460 g/mol. The Hall–Kier alpha value is -5.50. The molecule has 2 aromatic carbocycles. The maximum Gasteiger partial charge on any atom is 0.490 e. The van der Waals surface area contributed by atoms with Crippen LogP contribution in [0.25, 0.3) is 44.2 Å². The van der Waals surface area contributed by atoms with Crippen LogP contribution in [0, 0.1) is 38.1 Å². The Labute approximate surface area is 576 Å². The minimum atomic E-state index is -1.45. The number of ether oxygens (including phenoxy) is 4. The number of halogens is 1. The molecule has 0 unspecified atom stereocenters. The van der Waals surface area contributed by atoms with Gasteiger partial charge in [-0.05, 0) is 134 Å². The van der Waals surface area contributed by atoms with Crippen molar-refractivity contribution >= 4 is 112 Å². The molecule has 10 rings (SSSR count). The average Bonchev–Trinajstić information content (AvgIpc) is 1.56. The largest absolute Gasteiger partial charge is 0.490 e. The van der Waals surface area contributed by atoms with Gasteiger partial charge in [0.2, 0.25) is 0 Å². The first-order chi connectivity index (χ1) is 44.7. The lowest BCUT2D eigenvalue weighted by Gasteiger charge is -2.29. The Kier molecular flexibility index (Phi) is 27.4. The van der Waals surface area contributed by atoms with E-state index in [1.54, 1.807) is 6.07 Å². The number of aromatic nitrogens is 8.